The fraction of sp³-hybridized carbons (Fsp3) is 0.571. The zero-order chi connectivity index (χ0) is 21.7. The largest absolute Gasteiger partial charge is 0.294 e. The molecule has 4 unspecified atom stereocenters. The molecule has 1 aromatic rings. The van der Waals surface area contributed by atoms with Crippen LogP contribution in [0.2, 0.25) is 0 Å². The Morgan fingerprint density at radius 1 is 0.733 bits per heavy atom. The molecule has 0 spiro atoms. The third-order valence-corrected chi connectivity index (χ3v) is 10.3. The lowest BCUT2D eigenvalue weighted by Crippen LogP contribution is -2.32. The Balaban J connectivity index is 1.50. The van der Waals surface area contributed by atoms with Crippen LogP contribution in [0.25, 0.3) is 12.2 Å². The zero-order valence-corrected chi connectivity index (χ0v) is 19.3. The van der Waals surface area contributed by atoms with Gasteiger partial charge < -0.3 is 0 Å². The summed E-state index contributed by atoms with van der Waals surface area (Å²) in [7, 11) is 0. The lowest BCUT2D eigenvalue weighted by molar-refractivity contribution is -0.126. The third kappa shape index (κ3) is 2.21. The number of hydrogen-bond donors (Lipinski definition) is 0. The lowest BCUT2D eigenvalue weighted by Gasteiger charge is -2.31. The van der Waals surface area contributed by atoms with Crippen molar-refractivity contribution in [2.45, 2.75) is 67.2 Å². The summed E-state index contributed by atoms with van der Waals surface area (Å²) in [5.74, 6) is 1.38. The normalized spacial score (nSPS) is 40.9. The third-order valence-electron chi connectivity index (χ3n) is 10.3. The van der Waals surface area contributed by atoms with E-state index in [1.165, 1.54) is 0 Å². The molecule has 4 bridgehead atoms. The van der Waals surface area contributed by atoms with E-state index in [9.17, 15) is 9.59 Å². The Hall–Kier alpha value is -1.96. The summed E-state index contributed by atoms with van der Waals surface area (Å²) in [4.78, 5) is 26.4. The van der Waals surface area contributed by atoms with E-state index in [2.05, 4.69) is 71.9 Å². The van der Waals surface area contributed by atoms with Crippen molar-refractivity contribution in [3.8, 4) is 0 Å². The number of hydrogen-bond acceptors (Lipinski definition) is 2. The fourth-order valence-electron chi connectivity index (χ4n) is 7.29. The minimum absolute atomic E-state index is 0.0338. The Morgan fingerprint density at radius 3 is 1.47 bits per heavy atom. The van der Waals surface area contributed by atoms with Crippen molar-refractivity contribution in [2.75, 3.05) is 0 Å². The van der Waals surface area contributed by atoms with Crippen LogP contribution in [0.3, 0.4) is 0 Å². The second kappa shape index (κ2) is 5.84. The molecule has 30 heavy (non-hydrogen) atoms. The maximum Gasteiger partial charge on any atom is 0.165 e. The van der Waals surface area contributed by atoms with Gasteiger partial charge in [0.1, 0.15) is 0 Å². The summed E-state index contributed by atoms with van der Waals surface area (Å²) in [6.45, 7) is 13.3. The minimum Gasteiger partial charge on any atom is -0.294 e. The van der Waals surface area contributed by atoms with Crippen molar-refractivity contribution in [3.63, 3.8) is 0 Å². The second-order valence-corrected chi connectivity index (χ2v) is 11.8. The molecule has 0 heterocycles. The summed E-state index contributed by atoms with van der Waals surface area (Å²) in [6, 6.07) is 8.35. The summed E-state index contributed by atoms with van der Waals surface area (Å²) in [5.41, 5.74) is 3.77. The molecule has 4 saturated carbocycles. The number of benzene rings is 1. The van der Waals surface area contributed by atoms with E-state index in [4.69, 9.17) is 0 Å². The molecule has 4 atom stereocenters. The van der Waals surface area contributed by atoms with Crippen molar-refractivity contribution >= 4 is 23.7 Å². The summed E-state index contributed by atoms with van der Waals surface area (Å²) >= 11 is 0. The quantitative estimate of drug-likeness (QED) is 0.529. The Morgan fingerprint density at radius 2 is 1.13 bits per heavy atom. The standard InChI is InChI=1S/C28H34O2/c1-25(2)21-10-12-27(25,5)23(29)19(21)15-17-8-7-9-18(14-17)16-20-22-11-13-28(6,24(20)30)26(22,3)4/h7-9,14-16,21-22H,10-13H2,1-6H3/b19-15+,20-16+. The smallest absolute Gasteiger partial charge is 0.165 e. The highest BCUT2D eigenvalue weighted by Gasteiger charge is 2.64. The molecule has 0 amide bonds. The molecule has 5 rings (SSSR count). The van der Waals surface area contributed by atoms with Gasteiger partial charge in [-0.15, -0.1) is 0 Å². The predicted octanol–water partition coefficient (Wildman–Crippen LogP) is 6.50. The number of carbonyl (C=O) groups excluding carboxylic acids is 2. The highest BCUT2D eigenvalue weighted by atomic mass is 16.1. The van der Waals surface area contributed by atoms with Crippen LogP contribution in [0.4, 0.5) is 0 Å². The summed E-state index contributed by atoms with van der Waals surface area (Å²) in [6.07, 6.45) is 8.46. The molecule has 0 radical (unpaired) electrons. The van der Waals surface area contributed by atoms with Crippen LogP contribution < -0.4 is 0 Å². The van der Waals surface area contributed by atoms with Crippen molar-refractivity contribution in [1.82, 2.24) is 0 Å². The molecule has 0 saturated heterocycles. The van der Waals surface area contributed by atoms with Gasteiger partial charge in [-0.25, -0.2) is 0 Å². The first-order valence-electron chi connectivity index (χ1n) is 11.6. The van der Waals surface area contributed by atoms with E-state index >= 15 is 0 Å². The van der Waals surface area contributed by atoms with Crippen molar-refractivity contribution in [1.29, 1.82) is 0 Å². The molecule has 4 aliphatic rings. The first-order valence-corrected chi connectivity index (χ1v) is 11.6. The van der Waals surface area contributed by atoms with E-state index in [1.54, 1.807) is 0 Å². The first kappa shape index (κ1) is 20.0. The summed E-state index contributed by atoms with van der Waals surface area (Å²) < 4.78 is 0. The topological polar surface area (TPSA) is 34.1 Å². The monoisotopic (exact) mass is 402 g/mol. The van der Waals surface area contributed by atoms with Gasteiger partial charge in [0, 0.05) is 10.8 Å². The van der Waals surface area contributed by atoms with Gasteiger partial charge >= 0.3 is 0 Å². The summed E-state index contributed by atoms with van der Waals surface area (Å²) in [5, 5.41) is 0. The van der Waals surface area contributed by atoms with E-state index in [1.807, 2.05) is 6.07 Å². The average Bonchev–Trinajstić information content (AvgIpc) is 3.16. The van der Waals surface area contributed by atoms with Gasteiger partial charge in [-0.05, 0) is 88.8 Å². The van der Waals surface area contributed by atoms with Crippen LogP contribution in [0, 0.1) is 33.5 Å². The first-order chi connectivity index (χ1) is 13.9. The van der Waals surface area contributed by atoms with Crippen LogP contribution >= 0.6 is 0 Å². The molecular formula is C28H34O2. The Labute approximate surface area is 180 Å². The SMILES string of the molecule is CC12CCC(/C(=C\c3cccc(/C=C4/C(=O)C5(C)CCC4C5(C)C)c3)C1=O)C2(C)C. The van der Waals surface area contributed by atoms with Crippen LogP contribution in [0.1, 0.15) is 78.4 Å². The van der Waals surface area contributed by atoms with Gasteiger partial charge in [-0.1, -0.05) is 59.7 Å². The van der Waals surface area contributed by atoms with Crippen molar-refractivity contribution in [3.05, 3.63) is 46.5 Å². The molecule has 0 aliphatic heterocycles. The number of fused-ring (bicyclic) bond motifs is 4. The number of carbonyl (C=O) groups is 2. The average molecular weight is 403 g/mol. The zero-order valence-electron chi connectivity index (χ0n) is 19.3. The molecule has 2 heteroatoms. The van der Waals surface area contributed by atoms with Gasteiger partial charge in [0.25, 0.3) is 0 Å². The molecule has 0 aromatic heterocycles. The maximum absolute atomic E-state index is 13.2. The van der Waals surface area contributed by atoms with Crippen LogP contribution in [0.15, 0.2) is 35.4 Å². The number of Topliss-reactive ketones (excluding diaryl/α,β-unsaturated/α-hetero) is 2. The Kier molecular flexibility index (Phi) is 3.89. The minimum atomic E-state index is -0.223. The van der Waals surface area contributed by atoms with Gasteiger partial charge in [0.15, 0.2) is 11.6 Å². The van der Waals surface area contributed by atoms with Crippen molar-refractivity contribution in [2.24, 2.45) is 33.5 Å². The molecule has 4 fully saturated rings. The number of rotatable bonds is 2. The molecule has 0 N–H and O–H groups in total. The van der Waals surface area contributed by atoms with Gasteiger partial charge in [-0.2, -0.15) is 0 Å². The molecular weight excluding hydrogens is 368 g/mol. The highest BCUT2D eigenvalue weighted by molar-refractivity contribution is 6.09. The molecule has 1 aromatic carbocycles. The van der Waals surface area contributed by atoms with E-state index in [0.717, 1.165) is 48.0 Å². The van der Waals surface area contributed by atoms with E-state index < -0.39 is 0 Å². The van der Waals surface area contributed by atoms with Crippen LogP contribution in [0.5, 0.6) is 0 Å². The van der Waals surface area contributed by atoms with Crippen molar-refractivity contribution < 1.29 is 9.59 Å². The number of allylic oxidation sites excluding steroid dienone is 2. The van der Waals surface area contributed by atoms with E-state index in [-0.39, 0.29) is 21.7 Å². The van der Waals surface area contributed by atoms with Crippen LogP contribution in [-0.2, 0) is 9.59 Å². The van der Waals surface area contributed by atoms with Crippen LogP contribution in [-0.4, -0.2) is 11.6 Å². The molecule has 158 valence electrons. The van der Waals surface area contributed by atoms with Gasteiger partial charge in [0.2, 0.25) is 0 Å². The molecule has 2 nitrogen and oxygen atoms in total. The number of ketones is 2. The maximum atomic E-state index is 13.2. The Bertz CT molecular complexity index is 957. The highest BCUT2D eigenvalue weighted by Crippen LogP contribution is 2.66. The fourth-order valence-corrected chi connectivity index (χ4v) is 7.29. The van der Waals surface area contributed by atoms with E-state index in [0.29, 0.717) is 23.4 Å². The second-order valence-electron chi connectivity index (χ2n) is 11.8. The van der Waals surface area contributed by atoms with Gasteiger partial charge in [0.05, 0.1) is 0 Å². The predicted molar refractivity (Wildman–Crippen MR) is 122 cm³/mol. The lowest BCUT2D eigenvalue weighted by atomic mass is 9.70. The molecule has 4 aliphatic carbocycles. The van der Waals surface area contributed by atoms with Gasteiger partial charge in [-0.3, -0.25) is 9.59 Å².